The topological polar surface area (TPSA) is 251 Å². The van der Waals surface area contributed by atoms with E-state index in [-0.39, 0.29) is 37.9 Å². The maximum atomic E-state index is 13.3. The van der Waals surface area contributed by atoms with Gasteiger partial charge in [0, 0.05) is 19.3 Å². The highest BCUT2D eigenvalue weighted by atomic mass is 32.2. The van der Waals surface area contributed by atoms with Crippen molar-refractivity contribution in [2.24, 2.45) is 11.5 Å². The first-order chi connectivity index (χ1) is 18.3. The van der Waals surface area contributed by atoms with Gasteiger partial charge in [0.25, 0.3) is 0 Å². The van der Waals surface area contributed by atoms with Gasteiger partial charge in [-0.3, -0.25) is 24.0 Å². The van der Waals surface area contributed by atoms with Crippen molar-refractivity contribution in [1.82, 2.24) is 16.0 Å². The summed E-state index contributed by atoms with van der Waals surface area (Å²) in [6, 6.07) is 0.796. The van der Waals surface area contributed by atoms with Crippen molar-refractivity contribution in [3.05, 3.63) is 29.8 Å². The summed E-state index contributed by atoms with van der Waals surface area (Å²) >= 11 is 1.38. The van der Waals surface area contributed by atoms with Gasteiger partial charge in [-0.1, -0.05) is 12.1 Å². The second kappa shape index (κ2) is 16.9. The normalized spacial score (nSPS) is 13.8. The van der Waals surface area contributed by atoms with Crippen LogP contribution < -0.4 is 27.4 Å². The molecule has 15 heteroatoms. The molecule has 0 fully saturated rings. The number of carbonyl (C=O) groups is 6. The molecule has 39 heavy (non-hydrogen) atoms. The third-order valence-corrected chi connectivity index (χ3v) is 6.20. The number of hydrogen-bond donors (Lipinski definition) is 8. The first-order valence-electron chi connectivity index (χ1n) is 12.0. The summed E-state index contributed by atoms with van der Waals surface area (Å²) in [6.07, 6.45) is 0.784. The van der Waals surface area contributed by atoms with Crippen LogP contribution in [0.25, 0.3) is 0 Å². The molecule has 0 aromatic heterocycles. The minimum Gasteiger partial charge on any atom is -0.508 e. The lowest BCUT2D eigenvalue weighted by molar-refractivity contribution is -0.143. The summed E-state index contributed by atoms with van der Waals surface area (Å²) in [7, 11) is 0. The summed E-state index contributed by atoms with van der Waals surface area (Å²) in [6.45, 7) is 0. The summed E-state index contributed by atoms with van der Waals surface area (Å²) in [5, 5.41) is 35.1. The molecule has 216 valence electrons. The van der Waals surface area contributed by atoms with Crippen LogP contribution >= 0.6 is 11.8 Å². The standard InChI is InChI=1S/C24H35N5O9S/c1-39-11-10-16(22(35)28-17(24(37)38)7-9-20(32)33)27-23(36)18(12-13-2-4-14(30)5-3-13)29-21(34)15(25)6-8-19(26)31/h2-5,15-18,30H,6-12,25H2,1H3,(H2,26,31)(H,27,36)(H,28,35)(H,29,34)(H,32,33)(H,37,38). The number of aliphatic carboxylic acids is 2. The molecule has 1 aromatic rings. The Morgan fingerprint density at radius 2 is 1.38 bits per heavy atom. The highest BCUT2D eigenvalue weighted by Crippen LogP contribution is 2.12. The van der Waals surface area contributed by atoms with Crippen molar-refractivity contribution in [3.63, 3.8) is 0 Å². The van der Waals surface area contributed by atoms with Crippen LogP contribution in [0, 0.1) is 0 Å². The van der Waals surface area contributed by atoms with Crippen LogP contribution in [0.1, 0.15) is 37.7 Å². The van der Waals surface area contributed by atoms with Gasteiger partial charge < -0.3 is 42.7 Å². The second-order valence-electron chi connectivity index (χ2n) is 8.72. The number of carboxylic acids is 2. The molecule has 1 aromatic carbocycles. The second-order valence-corrected chi connectivity index (χ2v) is 9.70. The molecule has 0 aliphatic carbocycles. The van der Waals surface area contributed by atoms with Crippen LogP contribution in [0.5, 0.6) is 5.75 Å². The minimum absolute atomic E-state index is 0.0121. The minimum atomic E-state index is -1.49. The molecule has 0 radical (unpaired) electrons. The molecule has 0 spiro atoms. The van der Waals surface area contributed by atoms with Crippen LogP contribution in [0.2, 0.25) is 0 Å². The zero-order chi connectivity index (χ0) is 29.5. The SMILES string of the molecule is CSCCC(NC(=O)C(Cc1ccc(O)cc1)NC(=O)C(N)CCC(N)=O)C(=O)NC(CCC(=O)O)C(=O)O. The third kappa shape index (κ3) is 13.0. The Morgan fingerprint density at radius 3 is 1.92 bits per heavy atom. The fourth-order valence-corrected chi connectivity index (χ4v) is 3.83. The molecule has 4 atom stereocenters. The number of aromatic hydroxyl groups is 1. The lowest BCUT2D eigenvalue weighted by Crippen LogP contribution is -2.57. The molecule has 4 unspecified atom stereocenters. The molecule has 10 N–H and O–H groups in total. The first kappa shape index (κ1) is 33.2. The van der Waals surface area contributed by atoms with Crippen molar-refractivity contribution in [3.8, 4) is 5.75 Å². The number of phenolic OH excluding ortho intramolecular Hbond substituents is 1. The van der Waals surface area contributed by atoms with Crippen molar-refractivity contribution in [2.75, 3.05) is 12.0 Å². The lowest BCUT2D eigenvalue weighted by Gasteiger charge is -2.25. The van der Waals surface area contributed by atoms with Gasteiger partial charge in [0.1, 0.15) is 23.9 Å². The Labute approximate surface area is 229 Å². The smallest absolute Gasteiger partial charge is 0.326 e. The number of phenols is 1. The molecule has 0 bridgehead atoms. The Morgan fingerprint density at radius 1 is 0.821 bits per heavy atom. The van der Waals surface area contributed by atoms with Gasteiger partial charge >= 0.3 is 11.9 Å². The largest absolute Gasteiger partial charge is 0.508 e. The van der Waals surface area contributed by atoms with Crippen molar-refractivity contribution < 1.29 is 44.1 Å². The molecule has 0 aliphatic rings. The Hall–Kier alpha value is -3.85. The molecular formula is C24H35N5O9S. The quantitative estimate of drug-likeness (QED) is 0.103. The Bertz CT molecular complexity index is 1020. The number of amides is 4. The zero-order valence-electron chi connectivity index (χ0n) is 21.4. The number of carbonyl (C=O) groups excluding carboxylic acids is 4. The number of thioether (sulfide) groups is 1. The van der Waals surface area contributed by atoms with Crippen molar-refractivity contribution >= 4 is 47.3 Å². The average molecular weight is 570 g/mol. The fourth-order valence-electron chi connectivity index (χ4n) is 3.36. The van der Waals surface area contributed by atoms with Crippen molar-refractivity contribution in [2.45, 2.75) is 62.7 Å². The Balaban J connectivity index is 3.10. The molecule has 0 saturated heterocycles. The van der Waals surface area contributed by atoms with Gasteiger partial charge in [-0.05, 0) is 49.0 Å². The van der Waals surface area contributed by atoms with Crippen LogP contribution in [0.4, 0.5) is 0 Å². The van der Waals surface area contributed by atoms with Gasteiger partial charge in [0.05, 0.1) is 6.04 Å². The van der Waals surface area contributed by atoms with E-state index in [0.29, 0.717) is 11.3 Å². The van der Waals surface area contributed by atoms with Crippen LogP contribution in [0.15, 0.2) is 24.3 Å². The fraction of sp³-hybridized carbons (Fsp3) is 0.500. The summed E-state index contributed by atoms with van der Waals surface area (Å²) in [4.78, 5) is 72.2. The average Bonchev–Trinajstić information content (AvgIpc) is 2.87. The van der Waals surface area contributed by atoms with E-state index < -0.39 is 66.2 Å². The van der Waals surface area contributed by atoms with Crippen LogP contribution in [-0.4, -0.2) is 87.1 Å². The van der Waals surface area contributed by atoms with Crippen LogP contribution in [0.3, 0.4) is 0 Å². The predicted octanol–water partition coefficient (Wildman–Crippen LogP) is -1.32. The van der Waals surface area contributed by atoms with E-state index in [0.717, 1.165) is 0 Å². The lowest BCUT2D eigenvalue weighted by atomic mass is 10.0. The van der Waals surface area contributed by atoms with E-state index in [1.807, 2.05) is 0 Å². The number of primary amides is 1. The molecule has 14 nitrogen and oxygen atoms in total. The summed E-state index contributed by atoms with van der Waals surface area (Å²) < 4.78 is 0. The predicted molar refractivity (Wildman–Crippen MR) is 142 cm³/mol. The van der Waals surface area contributed by atoms with Gasteiger partial charge in [0.2, 0.25) is 23.6 Å². The molecule has 0 saturated carbocycles. The number of hydrogen-bond acceptors (Lipinski definition) is 9. The maximum Gasteiger partial charge on any atom is 0.326 e. The van der Waals surface area contributed by atoms with Gasteiger partial charge in [0.15, 0.2) is 0 Å². The highest BCUT2D eigenvalue weighted by Gasteiger charge is 2.30. The molecular weight excluding hydrogens is 534 g/mol. The van der Waals surface area contributed by atoms with Crippen molar-refractivity contribution in [1.29, 1.82) is 0 Å². The Kier molecular flexibility index (Phi) is 14.4. The third-order valence-electron chi connectivity index (χ3n) is 5.55. The van der Waals surface area contributed by atoms with E-state index in [2.05, 4.69) is 16.0 Å². The van der Waals surface area contributed by atoms with E-state index in [4.69, 9.17) is 16.6 Å². The molecule has 0 aliphatic heterocycles. The number of carboxylic acid groups (broad SMARTS) is 2. The number of benzene rings is 1. The molecule has 1 rings (SSSR count). The maximum absolute atomic E-state index is 13.3. The first-order valence-corrected chi connectivity index (χ1v) is 13.4. The monoisotopic (exact) mass is 569 g/mol. The summed E-state index contributed by atoms with van der Waals surface area (Å²) in [5.41, 5.74) is 11.5. The van der Waals surface area contributed by atoms with Gasteiger partial charge in [-0.25, -0.2) is 4.79 Å². The number of nitrogens with two attached hydrogens (primary N) is 2. The highest BCUT2D eigenvalue weighted by molar-refractivity contribution is 7.98. The zero-order valence-corrected chi connectivity index (χ0v) is 22.2. The van der Waals surface area contributed by atoms with Crippen LogP contribution in [-0.2, 0) is 35.2 Å². The van der Waals surface area contributed by atoms with E-state index >= 15 is 0 Å². The van der Waals surface area contributed by atoms with Gasteiger partial charge in [-0.2, -0.15) is 11.8 Å². The molecule has 4 amide bonds. The summed E-state index contributed by atoms with van der Waals surface area (Å²) in [5.74, 6) is -5.24. The van der Waals surface area contributed by atoms with E-state index in [1.54, 1.807) is 6.26 Å². The molecule has 0 heterocycles. The van der Waals surface area contributed by atoms with E-state index in [1.165, 1.54) is 36.0 Å². The van der Waals surface area contributed by atoms with E-state index in [9.17, 15) is 39.0 Å². The number of rotatable bonds is 18. The van der Waals surface area contributed by atoms with Gasteiger partial charge in [-0.15, -0.1) is 0 Å². The number of nitrogens with one attached hydrogen (secondary N) is 3.